The van der Waals surface area contributed by atoms with Crippen LogP contribution in [-0.2, 0) is 13.1 Å². The van der Waals surface area contributed by atoms with Crippen LogP contribution in [0, 0.1) is 6.92 Å². The fraction of sp³-hybridized carbons (Fsp3) is 0.333. The van der Waals surface area contributed by atoms with E-state index in [2.05, 4.69) is 10.2 Å². The van der Waals surface area contributed by atoms with Crippen molar-refractivity contribution < 1.29 is 0 Å². The molecule has 14 heavy (non-hydrogen) atoms. The van der Waals surface area contributed by atoms with Crippen LogP contribution in [0.2, 0.25) is 0 Å². The molecule has 0 aliphatic rings. The second-order valence-electron chi connectivity index (χ2n) is 3.32. The van der Waals surface area contributed by atoms with Gasteiger partial charge in [0.1, 0.15) is 0 Å². The monoisotopic (exact) mass is 191 g/mol. The van der Waals surface area contributed by atoms with Crippen molar-refractivity contribution in [3.63, 3.8) is 0 Å². The average molecular weight is 191 g/mol. The molecule has 2 rings (SSSR count). The maximum Gasteiger partial charge on any atom is 0.0719 e. The van der Waals surface area contributed by atoms with Gasteiger partial charge in [0.25, 0.3) is 0 Å². The quantitative estimate of drug-likeness (QED) is 0.775. The lowest BCUT2D eigenvalue weighted by Gasteiger charge is -2.01. The predicted octanol–water partition coefficient (Wildman–Crippen LogP) is 0.670. The number of rotatable bonds is 3. The molecule has 2 aromatic rings. The minimum atomic E-state index is 0.696. The van der Waals surface area contributed by atoms with Gasteiger partial charge in [-0.15, -0.1) is 0 Å². The van der Waals surface area contributed by atoms with Crippen molar-refractivity contribution in [3.05, 3.63) is 30.4 Å². The van der Waals surface area contributed by atoms with Crippen LogP contribution in [-0.4, -0.2) is 19.6 Å². The van der Waals surface area contributed by atoms with E-state index in [9.17, 15) is 0 Å². The Bertz CT molecular complexity index is 374. The third-order valence-electron chi connectivity index (χ3n) is 1.97. The van der Waals surface area contributed by atoms with E-state index in [1.807, 2.05) is 34.9 Å². The summed E-state index contributed by atoms with van der Waals surface area (Å²) < 4.78 is 3.71. The van der Waals surface area contributed by atoms with E-state index < -0.39 is 0 Å². The van der Waals surface area contributed by atoms with E-state index in [0.29, 0.717) is 5.69 Å². The summed E-state index contributed by atoms with van der Waals surface area (Å²) >= 11 is 0. The maximum absolute atomic E-state index is 5.55. The standard InChI is InChI=1S/C9H13N5/c1-8-4-11-13(6-8)2-3-14-7-9(10)5-12-14/h4-7H,2-3,10H2,1H3. The van der Waals surface area contributed by atoms with Crippen LogP contribution in [0.3, 0.4) is 0 Å². The Morgan fingerprint density at radius 2 is 1.79 bits per heavy atom. The van der Waals surface area contributed by atoms with Crippen molar-refractivity contribution in [1.29, 1.82) is 0 Å². The van der Waals surface area contributed by atoms with Gasteiger partial charge in [-0.2, -0.15) is 10.2 Å². The molecular weight excluding hydrogens is 178 g/mol. The highest BCUT2D eigenvalue weighted by Crippen LogP contribution is 1.99. The van der Waals surface area contributed by atoms with Crippen LogP contribution < -0.4 is 5.73 Å². The fourth-order valence-electron chi connectivity index (χ4n) is 1.30. The maximum atomic E-state index is 5.55. The smallest absolute Gasteiger partial charge is 0.0719 e. The molecule has 2 heterocycles. The van der Waals surface area contributed by atoms with Crippen molar-refractivity contribution in [2.75, 3.05) is 5.73 Å². The van der Waals surface area contributed by atoms with E-state index in [4.69, 9.17) is 5.73 Å². The highest BCUT2D eigenvalue weighted by molar-refractivity contribution is 5.30. The molecule has 0 aliphatic heterocycles. The van der Waals surface area contributed by atoms with Gasteiger partial charge in [-0.25, -0.2) is 0 Å². The van der Waals surface area contributed by atoms with Crippen molar-refractivity contribution in [3.8, 4) is 0 Å². The van der Waals surface area contributed by atoms with Crippen LogP contribution >= 0.6 is 0 Å². The van der Waals surface area contributed by atoms with Gasteiger partial charge in [0, 0.05) is 12.4 Å². The molecule has 0 fully saturated rings. The highest BCUT2D eigenvalue weighted by atomic mass is 15.3. The van der Waals surface area contributed by atoms with Crippen LogP contribution in [0.1, 0.15) is 5.56 Å². The van der Waals surface area contributed by atoms with Crippen LogP contribution in [0.25, 0.3) is 0 Å². The van der Waals surface area contributed by atoms with Crippen LogP contribution in [0.5, 0.6) is 0 Å². The number of nitrogen functional groups attached to an aromatic ring is 1. The Morgan fingerprint density at radius 3 is 2.29 bits per heavy atom. The molecular formula is C9H13N5. The van der Waals surface area contributed by atoms with Gasteiger partial charge in [-0.3, -0.25) is 9.36 Å². The summed E-state index contributed by atoms with van der Waals surface area (Å²) in [6.45, 7) is 3.63. The summed E-state index contributed by atoms with van der Waals surface area (Å²) in [5.74, 6) is 0. The Labute approximate surface area is 82.1 Å². The predicted molar refractivity (Wildman–Crippen MR) is 53.6 cm³/mol. The number of aromatic nitrogens is 4. The number of nitrogens with two attached hydrogens (primary N) is 1. The topological polar surface area (TPSA) is 61.7 Å². The summed E-state index contributed by atoms with van der Waals surface area (Å²) in [5.41, 5.74) is 7.41. The molecule has 0 bridgehead atoms. The largest absolute Gasteiger partial charge is 0.396 e. The first-order valence-electron chi connectivity index (χ1n) is 4.51. The van der Waals surface area contributed by atoms with Gasteiger partial charge in [0.2, 0.25) is 0 Å². The molecule has 2 aromatic heterocycles. The molecule has 0 unspecified atom stereocenters. The van der Waals surface area contributed by atoms with E-state index in [0.717, 1.165) is 13.1 Å². The average Bonchev–Trinajstić information content (AvgIpc) is 2.72. The van der Waals surface area contributed by atoms with E-state index in [1.54, 1.807) is 6.20 Å². The third-order valence-corrected chi connectivity index (χ3v) is 1.97. The SMILES string of the molecule is Cc1cnn(CCn2cc(N)cn2)c1. The van der Waals surface area contributed by atoms with E-state index in [1.165, 1.54) is 5.56 Å². The minimum absolute atomic E-state index is 0.696. The van der Waals surface area contributed by atoms with Crippen molar-refractivity contribution >= 4 is 5.69 Å². The Balaban J connectivity index is 1.94. The van der Waals surface area contributed by atoms with Gasteiger partial charge < -0.3 is 5.73 Å². The summed E-state index contributed by atoms with van der Waals surface area (Å²) in [6, 6.07) is 0. The molecule has 0 aliphatic carbocycles. The molecule has 74 valence electrons. The van der Waals surface area contributed by atoms with E-state index >= 15 is 0 Å². The molecule has 0 amide bonds. The van der Waals surface area contributed by atoms with Gasteiger partial charge >= 0.3 is 0 Å². The first-order chi connectivity index (χ1) is 6.74. The molecule has 0 aromatic carbocycles. The first-order valence-corrected chi connectivity index (χ1v) is 4.51. The Hall–Kier alpha value is -1.78. The van der Waals surface area contributed by atoms with Gasteiger partial charge in [-0.1, -0.05) is 0 Å². The number of hydrogen-bond acceptors (Lipinski definition) is 3. The third kappa shape index (κ3) is 1.93. The van der Waals surface area contributed by atoms with Crippen molar-refractivity contribution in [2.24, 2.45) is 0 Å². The molecule has 0 spiro atoms. The summed E-state index contributed by atoms with van der Waals surface area (Å²) in [6.07, 6.45) is 7.31. The molecule has 5 heteroatoms. The zero-order valence-electron chi connectivity index (χ0n) is 8.09. The van der Waals surface area contributed by atoms with Crippen molar-refractivity contribution in [2.45, 2.75) is 20.0 Å². The second kappa shape index (κ2) is 3.53. The zero-order valence-corrected chi connectivity index (χ0v) is 8.09. The Kier molecular flexibility index (Phi) is 2.22. The summed E-state index contributed by atoms with van der Waals surface area (Å²) in [5, 5.41) is 8.27. The lowest BCUT2D eigenvalue weighted by atomic mass is 10.4. The van der Waals surface area contributed by atoms with Crippen LogP contribution in [0.15, 0.2) is 24.8 Å². The molecule has 2 N–H and O–H groups in total. The molecule has 5 nitrogen and oxygen atoms in total. The van der Waals surface area contributed by atoms with E-state index in [-0.39, 0.29) is 0 Å². The Morgan fingerprint density at radius 1 is 1.14 bits per heavy atom. The van der Waals surface area contributed by atoms with Gasteiger partial charge in [0.05, 0.1) is 31.2 Å². The highest BCUT2D eigenvalue weighted by Gasteiger charge is 1.96. The number of nitrogens with zero attached hydrogens (tertiary/aromatic N) is 4. The van der Waals surface area contributed by atoms with Crippen molar-refractivity contribution in [1.82, 2.24) is 19.6 Å². The number of anilines is 1. The zero-order chi connectivity index (χ0) is 9.97. The molecule has 0 saturated heterocycles. The van der Waals surface area contributed by atoms with Crippen LogP contribution in [0.4, 0.5) is 5.69 Å². The van der Waals surface area contributed by atoms with Gasteiger partial charge in [-0.05, 0) is 12.5 Å². The number of hydrogen-bond donors (Lipinski definition) is 1. The summed E-state index contributed by atoms with van der Waals surface area (Å²) in [7, 11) is 0. The molecule has 0 saturated carbocycles. The lowest BCUT2D eigenvalue weighted by Crippen LogP contribution is -2.07. The van der Waals surface area contributed by atoms with Gasteiger partial charge in [0.15, 0.2) is 0 Å². The fourth-order valence-corrected chi connectivity index (χ4v) is 1.30. The first kappa shape index (κ1) is 8.80. The normalized spacial score (nSPS) is 10.6. The minimum Gasteiger partial charge on any atom is -0.396 e. The second-order valence-corrected chi connectivity index (χ2v) is 3.32. The number of aryl methyl sites for hydroxylation is 3. The molecule has 0 radical (unpaired) electrons. The molecule has 0 atom stereocenters. The lowest BCUT2D eigenvalue weighted by molar-refractivity contribution is 0.500. The summed E-state index contributed by atoms with van der Waals surface area (Å²) in [4.78, 5) is 0.